The molecule has 10 heteroatoms. The van der Waals surface area contributed by atoms with Crippen LogP contribution in [0.15, 0.2) is 18.2 Å². The summed E-state index contributed by atoms with van der Waals surface area (Å²) in [7, 11) is 1.56. The maximum atomic E-state index is 12.7. The molecule has 2 aromatic rings. The number of hydrogen-bond acceptors (Lipinski definition) is 8. The molecule has 1 fully saturated rings. The van der Waals surface area contributed by atoms with Crippen LogP contribution in [0.3, 0.4) is 0 Å². The molecule has 10 nitrogen and oxygen atoms in total. The van der Waals surface area contributed by atoms with Crippen LogP contribution in [0, 0.1) is 11.8 Å². The van der Waals surface area contributed by atoms with E-state index in [0.29, 0.717) is 28.3 Å². The standard InChI is InChI=1S/C18H24N6O4/c1-28-13-7-8-15-16(9-13)20-22-18(19-15)23-21-17(26)14(10-24(27)11-25)12-5-3-2-4-6-12/h7-9,11-12,14,27H,2-6,10H2,1H3,(H,21,26)(H,19,22,23)/t14-/m0/s1. The van der Waals surface area contributed by atoms with Crippen molar-refractivity contribution in [2.24, 2.45) is 11.8 Å². The number of hydrogen-bond donors (Lipinski definition) is 3. The van der Waals surface area contributed by atoms with Gasteiger partial charge >= 0.3 is 0 Å². The number of nitrogens with zero attached hydrogens (tertiary/aromatic N) is 4. The van der Waals surface area contributed by atoms with E-state index in [-0.39, 0.29) is 24.3 Å². The molecular weight excluding hydrogens is 364 g/mol. The zero-order valence-corrected chi connectivity index (χ0v) is 15.7. The third kappa shape index (κ3) is 4.83. The number of amides is 2. The maximum absolute atomic E-state index is 12.7. The Balaban J connectivity index is 1.67. The number of carbonyl (C=O) groups excluding carboxylic acids is 2. The lowest BCUT2D eigenvalue weighted by atomic mass is 9.79. The van der Waals surface area contributed by atoms with Crippen LogP contribution in [0.4, 0.5) is 5.95 Å². The van der Waals surface area contributed by atoms with Gasteiger partial charge in [-0.05, 0) is 30.9 Å². The highest BCUT2D eigenvalue weighted by molar-refractivity contribution is 5.81. The second kappa shape index (κ2) is 9.27. The van der Waals surface area contributed by atoms with Crippen molar-refractivity contribution in [2.75, 3.05) is 19.1 Å². The third-order valence-corrected chi connectivity index (χ3v) is 5.02. The number of methoxy groups -OCH3 is 1. The van der Waals surface area contributed by atoms with Gasteiger partial charge in [0.15, 0.2) is 0 Å². The van der Waals surface area contributed by atoms with Gasteiger partial charge in [0.05, 0.1) is 25.1 Å². The van der Waals surface area contributed by atoms with E-state index in [2.05, 4.69) is 26.0 Å². The molecule has 1 aliphatic carbocycles. The van der Waals surface area contributed by atoms with Gasteiger partial charge in [-0.2, -0.15) is 0 Å². The number of ether oxygens (including phenoxy) is 1. The molecule has 150 valence electrons. The van der Waals surface area contributed by atoms with Crippen molar-refractivity contribution in [1.82, 2.24) is 25.7 Å². The van der Waals surface area contributed by atoms with Gasteiger partial charge < -0.3 is 4.74 Å². The van der Waals surface area contributed by atoms with E-state index >= 15 is 0 Å². The van der Waals surface area contributed by atoms with Crippen LogP contribution >= 0.6 is 0 Å². The summed E-state index contributed by atoms with van der Waals surface area (Å²) in [5.41, 5.74) is 6.42. The summed E-state index contributed by atoms with van der Waals surface area (Å²) in [5.74, 6) is 0.0430. The van der Waals surface area contributed by atoms with Gasteiger partial charge in [-0.3, -0.25) is 25.6 Å². The van der Waals surface area contributed by atoms with Crippen molar-refractivity contribution in [3.63, 3.8) is 0 Å². The highest BCUT2D eigenvalue weighted by atomic mass is 16.5. The fraction of sp³-hybridized carbons (Fsp3) is 0.500. The zero-order chi connectivity index (χ0) is 19.9. The molecule has 28 heavy (non-hydrogen) atoms. The molecule has 1 heterocycles. The summed E-state index contributed by atoms with van der Waals surface area (Å²) in [5, 5.41) is 18.1. The van der Waals surface area contributed by atoms with Gasteiger partial charge in [0.1, 0.15) is 11.3 Å². The molecular formula is C18H24N6O4. The molecule has 1 saturated carbocycles. The molecule has 0 saturated heterocycles. The molecule has 1 aromatic carbocycles. The number of anilines is 1. The average Bonchev–Trinajstić information content (AvgIpc) is 2.75. The molecule has 1 atom stereocenters. The first kappa shape index (κ1) is 19.7. The van der Waals surface area contributed by atoms with Crippen molar-refractivity contribution < 1.29 is 19.5 Å². The molecule has 0 radical (unpaired) electrons. The predicted octanol–water partition coefficient (Wildman–Crippen LogP) is 1.52. The van der Waals surface area contributed by atoms with Gasteiger partial charge in [0.25, 0.3) is 5.95 Å². The second-order valence-corrected chi connectivity index (χ2v) is 6.84. The minimum absolute atomic E-state index is 0.0572. The summed E-state index contributed by atoms with van der Waals surface area (Å²) < 4.78 is 5.14. The number of fused-ring (bicyclic) bond motifs is 1. The van der Waals surface area contributed by atoms with E-state index in [1.54, 1.807) is 25.3 Å². The largest absolute Gasteiger partial charge is 0.497 e. The fourth-order valence-electron chi connectivity index (χ4n) is 3.53. The summed E-state index contributed by atoms with van der Waals surface area (Å²) in [6.07, 6.45) is 5.30. The minimum Gasteiger partial charge on any atom is -0.497 e. The number of nitrogens with one attached hydrogen (secondary N) is 2. The van der Waals surface area contributed by atoms with Crippen LogP contribution in [-0.4, -0.2) is 51.4 Å². The van der Waals surface area contributed by atoms with Gasteiger partial charge in [0, 0.05) is 6.07 Å². The maximum Gasteiger partial charge on any atom is 0.262 e. The Bertz CT molecular complexity index is 827. The second-order valence-electron chi connectivity index (χ2n) is 6.84. The Morgan fingerprint density at radius 1 is 1.32 bits per heavy atom. The fourth-order valence-corrected chi connectivity index (χ4v) is 3.53. The van der Waals surface area contributed by atoms with Crippen LogP contribution in [-0.2, 0) is 9.59 Å². The molecule has 0 aliphatic heterocycles. The summed E-state index contributed by atoms with van der Waals surface area (Å²) in [6, 6.07) is 5.22. The Labute approximate surface area is 162 Å². The first-order chi connectivity index (χ1) is 13.6. The average molecular weight is 388 g/mol. The number of hydroxylamine groups is 2. The lowest BCUT2D eigenvalue weighted by Crippen LogP contribution is -2.44. The normalized spacial score (nSPS) is 15.6. The molecule has 3 rings (SSSR count). The van der Waals surface area contributed by atoms with E-state index in [0.717, 1.165) is 32.1 Å². The van der Waals surface area contributed by atoms with Crippen LogP contribution in [0.25, 0.3) is 11.0 Å². The molecule has 0 spiro atoms. The van der Waals surface area contributed by atoms with E-state index in [1.165, 1.54) is 0 Å². The molecule has 3 N–H and O–H groups in total. The van der Waals surface area contributed by atoms with Crippen LogP contribution in [0.5, 0.6) is 5.75 Å². The van der Waals surface area contributed by atoms with Gasteiger partial charge in [-0.15, -0.1) is 10.2 Å². The Kier molecular flexibility index (Phi) is 6.53. The SMILES string of the molecule is COc1ccc2nc(NNC(=O)[C@@H](CN(O)C=O)C3CCCCC3)nnc2c1. The smallest absolute Gasteiger partial charge is 0.262 e. The number of carbonyl (C=O) groups is 2. The van der Waals surface area contributed by atoms with E-state index in [1.807, 2.05) is 0 Å². The lowest BCUT2D eigenvalue weighted by Gasteiger charge is -2.30. The Morgan fingerprint density at radius 2 is 2.11 bits per heavy atom. The van der Waals surface area contributed by atoms with Gasteiger partial charge in [-0.1, -0.05) is 19.3 Å². The number of rotatable bonds is 8. The summed E-state index contributed by atoms with van der Waals surface area (Å²) in [4.78, 5) is 27.8. The van der Waals surface area contributed by atoms with Crippen molar-refractivity contribution in [2.45, 2.75) is 32.1 Å². The van der Waals surface area contributed by atoms with Crippen LogP contribution in [0.2, 0.25) is 0 Å². The Hall–Kier alpha value is -3.01. The van der Waals surface area contributed by atoms with Gasteiger partial charge in [0.2, 0.25) is 12.3 Å². The Morgan fingerprint density at radius 3 is 2.82 bits per heavy atom. The minimum atomic E-state index is -0.527. The van der Waals surface area contributed by atoms with E-state index in [9.17, 15) is 14.8 Å². The van der Waals surface area contributed by atoms with Crippen LogP contribution in [0.1, 0.15) is 32.1 Å². The number of hydrazine groups is 1. The first-order valence-electron chi connectivity index (χ1n) is 9.26. The highest BCUT2D eigenvalue weighted by Crippen LogP contribution is 2.30. The molecule has 1 aliphatic rings. The quantitative estimate of drug-likeness (QED) is 0.353. The van der Waals surface area contributed by atoms with Crippen molar-refractivity contribution in [3.05, 3.63) is 18.2 Å². The van der Waals surface area contributed by atoms with Crippen LogP contribution < -0.4 is 15.6 Å². The predicted molar refractivity (Wildman–Crippen MR) is 100 cm³/mol. The zero-order valence-electron chi connectivity index (χ0n) is 15.7. The first-order valence-corrected chi connectivity index (χ1v) is 9.26. The van der Waals surface area contributed by atoms with Crippen molar-refractivity contribution in [1.29, 1.82) is 0 Å². The molecule has 0 bridgehead atoms. The van der Waals surface area contributed by atoms with E-state index < -0.39 is 5.92 Å². The van der Waals surface area contributed by atoms with E-state index in [4.69, 9.17) is 4.74 Å². The molecule has 1 aromatic heterocycles. The third-order valence-electron chi connectivity index (χ3n) is 5.02. The summed E-state index contributed by atoms with van der Waals surface area (Å²) in [6.45, 7) is -0.0572. The number of aromatic nitrogens is 3. The summed E-state index contributed by atoms with van der Waals surface area (Å²) >= 11 is 0. The molecule has 2 amide bonds. The highest BCUT2D eigenvalue weighted by Gasteiger charge is 2.31. The monoisotopic (exact) mass is 388 g/mol. The van der Waals surface area contributed by atoms with Crippen molar-refractivity contribution in [3.8, 4) is 5.75 Å². The van der Waals surface area contributed by atoms with Crippen molar-refractivity contribution >= 4 is 29.3 Å². The molecule has 0 unspecified atom stereocenters. The topological polar surface area (TPSA) is 130 Å². The number of benzene rings is 1. The lowest BCUT2D eigenvalue weighted by molar-refractivity contribution is -0.156. The van der Waals surface area contributed by atoms with Gasteiger partial charge in [-0.25, -0.2) is 10.0 Å².